The number of carbonyl (C=O) groups excluding carboxylic acids is 2. The number of nitrogens with zero attached hydrogens (tertiary/aromatic N) is 3. The van der Waals surface area contributed by atoms with Crippen LogP contribution in [0.1, 0.15) is 26.3 Å². The van der Waals surface area contributed by atoms with Crippen LogP contribution < -0.4 is 5.32 Å². The summed E-state index contributed by atoms with van der Waals surface area (Å²) in [4.78, 5) is 34.3. The van der Waals surface area contributed by atoms with Gasteiger partial charge < -0.3 is 10.1 Å². The molecular formula is C19H16N4O5. The average Bonchev–Trinajstić information content (AvgIpc) is 3.14. The molecule has 0 saturated heterocycles. The Kier molecular flexibility index (Phi) is 5.45. The van der Waals surface area contributed by atoms with Crippen molar-refractivity contribution >= 4 is 23.3 Å². The maximum atomic E-state index is 12.3. The van der Waals surface area contributed by atoms with E-state index in [2.05, 4.69) is 10.4 Å². The fourth-order valence-electron chi connectivity index (χ4n) is 2.59. The minimum atomic E-state index is -0.530. The van der Waals surface area contributed by atoms with E-state index in [1.165, 1.54) is 37.6 Å². The summed E-state index contributed by atoms with van der Waals surface area (Å²) in [6.07, 6.45) is 3.10. The zero-order chi connectivity index (χ0) is 20.1. The number of hydrogen-bond donors (Lipinski definition) is 1. The predicted octanol–water partition coefficient (Wildman–Crippen LogP) is 2.88. The molecule has 0 fully saturated rings. The van der Waals surface area contributed by atoms with Crippen molar-refractivity contribution in [2.24, 2.45) is 0 Å². The van der Waals surface area contributed by atoms with Crippen molar-refractivity contribution in [1.82, 2.24) is 9.78 Å². The van der Waals surface area contributed by atoms with Crippen LogP contribution in [0.15, 0.2) is 60.9 Å². The van der Waals surface area contributed by atoms with E-state index in [-0.39, 0.29) is 11.3 Å². The van der Waals surface area contributed by atoms with Gasteiger partial charge in [-0.1, -0.05) is 18.2 Å². The normalized spacial score (nSPS) is 10.3. The Bertz CT molecular complexity index is 1030. The largest absolute Gasteiger partial charge is 0.465 e. The quantitative estimate of drug-likeness (QED) is 0.399. The van der Waals surface area contributed by atoms with Crippen molar-refractivity contribution < 1.29 is 19.2 Å². The van der Waals surface area contributed by atoms with Gasteiger partial charge in [0.05, 0.1) is 36.0 Å². The predicted molar refractivity (Wildman–Crippen MR) is 100 cm³/mol. The molecule has 0 aliphatic rings. The Hall–Kier alpha value is -4.01. The van der Waals surface area contributed by atoms with Gasteiger partial charge in [0.15, 0.2) is 0 Å². The number of hydrogen-bond acceptors (Lipinski definition) is 6. The van der Waals surface area contributed by atoms with Gasteiger partial charge in [-0.2, -0.15) is 5.10 Å². The molecule has 0 aliphatic carbocycles. The van der Waals surface area contributed by atoms with E-state index >= 15 is 0 Å². The monoisotopic (exact) mass is 380 g/mol. The zero-order valence-electron chi connectivity index (χ0n) is 14.9. The highest BCUT2D eigenvalue weighted by Crippen LogP contribution is 2.16. The standard InChI is InChI=1S/C19H16N4O5/c1-28-19(25)17-5-3-2-4-14(17)11-22-12-15(10-20-22)21-18(24)13-6-8-16(9-7-13)23(26)27/h2-10,12H,11H2,1H3,(H,21,24). The van der Waals surface area contributed by atoms with Crippen molar-refractivity contribution in [1.29, 1.82) is 0 Å². The number of methoxy groups -OCH3 is 1. The second-order valence-electron chi connectivity index (χ2n) is 5.83. The van der Waals surface area contributed by atoms with Crippen molar-refractivity contribution in [3.63, 3.8) is 0 Å². The number of nitro benzene ring substituents is 1. The van der Waals surface area contributed by atoms with Gasteiger partial charge in [0.25, 0.3) is 11.6 Å². The van der Waals surface area contributed by atoms with Crippen molar-refractivity contribution in [2.45, 2.75) is 6.54 Å². The zero-order valence-corrected chi connectivity index (χ0v) is 14.9. The van der Waals surface area contributed by atoms with Crippen LogP contribution in [-0.4, -0.2) is 33.7 Å². The number of esters is 1. The van der Waals surface area contributed by atoms with Gasteiger partial charge in [0, 0.05) is 23.9 Å². The molecule has 1 N–H and O–H groups in total. The number of aromatic nitrogens is 2. The van der Waals surface area contributed by atoms with Crippen LogP contribution in [-0.2, 0) is 11.3 Å². The molecule has 142 valence electrons. The van der Waals surface area contributed by atoms with E-state index in [0.717, 1.165) is 5.56 Å². The van der Waals surface area contributed by atoms with Gasteiger partial charge >= 0.3 is 5.97 Å². The minimum absolute atomic E-state index is 0.0892. The number of benzene rings is 2. The molecule has 9 nitrogen and oxygen atoms in total. The first kappa shape index (κ1) is 18.8. The van der Waals surface area contributed by atoms with Crippen LogP contribution >= 0.6 is 0 Å². The number of amides is 1. The Labute approximate surface area is 159 Å². The first-order valence-corrected chi connectivity index (χ1v) is 8.22. The van der Waals surface area contributed by atoms with Gasteiger partial charge in [-0.15, -0.1) is 0 Å². The Balaban J connectivity index is 1.70. The lowest BCUT2D eigenvalue weighted by Crippen LogP contribution is -2.11. The Morgan fingerprint density at radius 2 is 1.89 bits per heavy atom. The van der Waals surface area contributed by atoms with Gasteiger partial charge in [0.1, 0.15) is 0 Å². The SMILES string of the molecule is COC(=O)c1ccccc1Cn1cc(NC(=O)c2ccc([N+](=O)[O-])cc2)cn1. The Morgan fingerprint density at radius 1 is 1.18 bits per heavy atom. The molecule has 0 spiro atoms. The van der Waals surface area contributed by atoms with Crippen LogP contribution in [0.2, 0.25) is 0 Å². The second kappa shape index (κ2) is 8.12. The highest BCUT2D eigenvalue weighted by molar-refractivity contribution is 6.04. The van der Waals surface area contributed by atoms with Crippen molar-refractivity contribution in [3.05, 3.63) is 87.7 Å². The number of anilines is 1. The van der Waals surface area contributed by atoms with Crippen LogP contribution in [0.3, 0.4) is 0 Å². The molecule has 9 heteroatoms. The third-order valence-corrected chi connectivity index (χ3v) is 3.99. The minimum Gasteiger partial charge on any atom is -0.465 e. The van der Waals surface area contributed by atoms with Gasteiger partial charge in [-0.25, -0.2) is 4.79 Å². The highest BCUT2D eigenvalue weighted by Gasteiger charge is 2.13. The number of carbonyl (C=O) groups is 2. The number of nitro groups is 1. The smallest absolute Gasteiger partial charge is 0.338 e. The van der Waals surface area contributed by atoms with Crippen LogP contribution in [0.5, 0.6) is 0 Å². The fraction of sp³-hybridized carbons (Fsp3) is 0.105. The Morgan fingerprint density at radius 3 is 2.57 bits per heavy atom. The van der Waals surface area contributed by atoms with Crippen molar-refractivity contribution in [3.8, 4) is 0 Å². The first-order chi connectivity index (χ1) is 13.5. The number of ether oxygens (including phenoxy) is 1. The molecule has 0 aliphatic heterocycles. The molecule has 1 aromatic heterocycles. The summed E-state index contributed by atoms with van der Waals surface area (Å²) in [6.45, 7) is 0.318. The summed E-state index contributed by atoms with van der Waals surface area (Å²) < 4.78 is 6.35. The third kappa shape index (κ3) is 4.21. The van der Waals surface area contributed by atoms with Gasteiger partial charge in [-0.3, -0.25) is 19.6 Å². The molecular weight excluding hydrogens is 364 g/mol. The number of rotatable bonds is 6. The van der Waals surface area contributed by atoms with Crippen LogP contribution in [0, 0.1) is 10.1 Å². The summed E-state index contributed by atoms with van der Waals surface area (Å²) >= 11 is 0. The summed E-state index contributed by atoms with van der Waals surface area (Å²) in [5.41, 5.74) is 1.82. The molecule has 0 atom stereocenters. The molecule has 1 heterocycles. The van der Waals surface area contributed by atoms with Crippen molar-refractivity contribution in [2.75, 3.05) is 12.4 Å². The average molecular weight is 380 g/mol. The van der Waals surface area contributed by atoms with E-state index in [4.69, 9.17) is 4.74 Å². The summed E-state index contributed by atoms with van der Waals surface area (Å²) in [6, 6.07) is 12.3. The molecule has 3 rings (SSSR count). The van der Waals surface area contributed by atoms with E-state index < -0.39 is 16.8 Å². The molecule has 0 saturated carbocycles. The highest BCUT2D eigenvalue weighted by atomic mass is 16.6. The summed E-state index contributed by atoms with van der Waals surface area (Å²) in [5.74, 6) is -0.848. The maximum absolute atomic E-state index is 12.3. The lowest BCUT2D eigenvalue weighted by molar-refractivity contribution is -0.384. The van der Waals surface area contributed by atoms with E-state index in [1.54, 1.807) is 29.1 Å². The van der Waals surface area contributed by atoms with E-state index in [9.17, 15) is 19.7 Å². The topological polar surface area (TPSA) is 116 Å². The molecule has 3 aromatic rings. The lowest BCUT2D eigenvalue weighted by Gasteiger charge is -2.07. The van der Waals surface area contributed by atoms with E-state index in [0.29, 0.717) is 17.8 Å². The second-order valence-corrected chi connectivity index (χ2v) is 5.83. The van der Waals surface area contributed by atoms with Gasteiger partial charge in [0.2, 0.25) is 0 Å². The van der Waals surface area contributed by atoms with Gasteiger partial charge in [-0.05, 0) is 23.8 Å². The molecule has 28 heavy (non-hydrogen) atoms. The maximum Gasteiger partial charge on any atom is 0.338 e. The lowest BCUT2D eigenvalue weighted by atomic mass is 10.1. The van der Waals surface area contributed by atoms with Crippen LogP contribution in [0.25, 0.3) is 0 Å². The molecule has 1 amide bonds. The molecule has 0 bridgehead atoms. The summed E-state index contributed by atoms with van der Waals surface area (Å²) in [5, 5.41) is 17.5. The number of nitrogens with one attached hydrogen (secondary N) is 1. The fourth-order valence-corrected chi connectivity index (χ4v) is 2.59. The molecule has 0 radical (unpaired) electrons. The first-order valence-electron chi connectivity index (χ1n) is 8.22. The molecule has 2 aromatic carbocycles. The molecule has 0 unspecified atom stereocenters. The third-order valence-electron chi connectivity index (χ3n) is 3.99. The number of non-ortho nitro benzene ring substituents is 1. The van der Waals surface area contributed by atoms with Crippen LogP contribution in [0.4, 0.5) is 11.4 Å². The van der Waals surface area contributed by atoms with E-state index in [1.807, 2.05) is 6.07 Å². The summed E-state index contributed by atoms with van der Waals surface area (Å²) in [7, 11) is 1.32.